The van der Waals surface area contributed by atoms with Crippen molar-refractivity contribution in [1.82, 2.24) is 13.9 Å². The van der Waals surface area contributed by atoms with Crippen LogP contribution in [0, 0.1) is 26.6 Å². The van der Waals surface area contributed by atoms with Gasteiger partial charge in [0.1, 0.15) is 11.4 Å². The van der Waals surface area contributed by atoms with Crippen molar-refractivity contribution >= 4 is 44.6 Å². The molecule has 196 valence electrons. The number of rotatable bonds is 5. The number of aromatic nitrogens is 3. The summed E-state index contributed by atoms with van der Waals surface area (Å²) in [5, 5.41) is -0.699. The molecule has 0 atom stereocenters. The van der Waals surface area contributed by atoms with Gasteiger partial charge in [0.15, 0.2) is 17.3 Å². The lowest BCUT2D eigenvalue weighted by atomic mass is 10.1. The molecule has 0 saturated heterocycles. The summed E-state index contributed by atoms with van der Waals surface area (Å²) >= 11 is 6.19. The first kappa shape index (κ1) is 26.6. The van der Waals surface area contributed by atoms with Gasteiger partial charge in [-0.15, -0.1) is 0 Å². The number of hydrogen-bond donors (Lipinski definition) is 0. The van der Waals surface area contributed by atoms with Crippen molar-refractivity contribution in [3.63, 3.8) is 0 Å². The number of fused-ring (bicyclic) bond motifs is 1. The van der Waals surface area contributed by atoms with Crippen LogP contribution in [0.3, 0.4) is 0 Å². The number of hydrogen-bond acceptors (Lipinski definition) is 7. The van der Waals surface area contributed by atoms with Gasteiger partial charge < -0.3 is 9.15 Å². The van der Waals surface area contributed by atoms with Crippen molar-refractivity contribution in [2.24, 2.45) is 0 Å². The van der Waals surface area contributed by atoms with Gasteiger partial charge in [-0.1, -0.05) is 17.7 Å². The highest BCUT2D eigenvalue weighted by molar-refractivity contribution is 7.90. The summed E-state index contributed by atoms with van der Waals surface area (Å²) < 4.78 is 54.7. The number of carbonyl (C=O) groups is 1. The summed E-state index contributed by atoms with van der Waals surface area (Å²) in [5.74, 6) is -0.864. The molecule has 0 N–H and O–H groups in total. The summed E-state index contributed by atoms with van der Waals surface area (Å²) in [6.45, 7) is 10.0. The molecule has 12 heteroatoms. The Kier molecular flexibility index (Phi) is 6.80. The molecule has 9 nitrogen and oxygen atoms in total. The maximum atomic E-state index is 15.5. The summed E-state index contributed by atoms with van der Waals surface area (Å²) in [7, 11) is -4.31. The van der Waals surface area contributed by atoms with E-state index < -0.39 is 27.5 Å². The highest BCUT2D eigenvalue weighted by Crippen LogP contribution is 2.34. The average Bonchev–Trinajstić information content (AvgIpc) is 3.37. The number of ether oxygens (including phenoxy) is 1. The van der Waals surface area contributed by atoms with Crippen LogP contribution < -0.4 is 4.90 Å². The Morgan fingerprint density at radius 2 is 1.84 bits per heavy atom. The second kappa shape index (κ2) is 9.46. The fourth-order valence-corrected chi connectivity index (χ4v) is 6.04. The van der Waals surface area contributed by atoms with Gasteiger partial charge in [-0.3, -0.25) is 4.90 Å². The summed E-state index contributed by atoms with van der Waals surface area (Å²) in [6.07, 6.45) is 1.36. The van der Waals surface area contributed by atoms with Gasteiger partial charge in [0.05, 0.1) is 29.3 Å². The molecule has 4 rings (SSSR count). The minimum absolute atomic E-state index is 0.0193. The van der Waals surface area contributed by atoms with E-state index in [1.165, 1.54) is 6.26 Å². The van der Waals surface area contributed by atoms with Gasteiger partial charge in [-0.25, -0.2) is 21.6 Å². The molecule has 1 amide bonds. The highest BCUT2D eigenvalue weighted by Gasteiger charge is 2.33. The first-order valence-corrected chi connectivity index (χ1v) is 13.1. The molecule has 0 aliphatic rings. The topological polar surface area (TPSA) is 108 Å². The second-order valence-electron chi connectivity index (χ2n) is 9.67. The Morgan fingerprint density at radius 3 is 2.41 bits per heavy atom. The summed E-state index contributed by atoms with van der Waals surface area (Å²) in [4.78, 5) is 22.4. The Bertz CT molecular complexity index is 1590. The van der Waals surface area contributed by atoms with Crippen molar-refractivity contribution in [2.75, 3.05) is 4.90 Å². The average molecular weight is 549 g/mol. The molecule has 1 aromatic carbocycles. The van der Waals surface area contributed by atoms with Gasteiger partial charge in [0.2, 0.25) is 5.28 Å². The molecular weight excluding hydrogens is 523 g/mol. The zero-order chi connectivity index (χ0) is 27.3. The van der Waals surface area contributed by atoms with Crippen LogP contribution in [0.25, 0.3) is 11.0 Å². The molecule has 0 aliphatic heterocycles. The van der Waals surface area contributed by atoms with Crippen molar-refractivity contribution in [3.05, 3.63) is 70.3 Å². The van der Waals surface area contributed by atoms with Crippen molar-refractivity contribution in [3.8, 4) is 0 Å². The van der Waals surface area contributed by atoms with Crippen LogP contribution in [-0.2, 0) is 21.3 Å². The largest absolute Gasteiger partial charge is 0.467 e. The zero-order valence-corrected chi connectivity index (χ0v) is 22.7. The SMILES string of the molecule is Cc1cc(C)c(S(=O)(=O)n2cc(F)c3c(N(Cc4ccco4)C(=O)OC(C)(C)C)nc(Cl)nc32)c(C)c1. The molecule has 0 saturated carbocycles. The van der Waals surface area contributed by atoms with Gasteiger partial charge in [0, 0.05) is 0 Å². The van der Waals surface area contributed by atoms with Crippen LogP contribution in [0.4, 0.5) is 15.0 Å². The molecule has 0 radical (unpaired) electrons. The zero-order valence-electron chi connectivity index (χ0n) is 21.2. The molecule has 0 aliphatic carbocycles. The first-order chi connectivity index (χ1) is 17.2. The number of aryl methyl sites for hydroxylation is 3. The minimum atomic E-state index is -4.31. The molecule has 0 bridgehead atoms. The third-order valence-corrected chi connectivity index (χ3v) is 7.53. The highest BCUT2D eigenvalue weighted by atomic mass is 35.5. The van der Waals surface area contributed by atoms with E-state index in [1.807, 2.05) is 6.92 Å². The van der Waals surface area contributed by atoms with Gasteiger partial charge in [-0.2, -0.15) is 9.97 Å². The number of carbonyl (C=O) groups excluding carboxylic acids is 1. The number of anilines is 1. The van der Waals surface area contributed by atoms with E-state index in [0.717, 1.165) is 20.6 Å². The van der Waals surface area contributed by atoms with E-state index in [4.69, 9.17) is 20.8 Å². The van der Waals surface area contributed by atoms with Crippen LogP contribution in [-0.4, -0.2) is 34.1 Å². The molecule has 4 aromatic rings. The third kappa shape index (κ3) is 5.19. The van der Waals surface area contributed by atoms with Crippen LogP contribution >= 0.6 is 11.6 Å². The maximum Gasteiger partial charge on any atom is 0.416 e. The summed E-state index contributed by atoms with van der Waals surface area (Å²) in [6, 6.07) is 6.69. The fraction of sp³-hybridized carbons (Fsp3) is 0.320. The van der Waals surface area contributed by atoms with Crippen LogP contribution in [0.2, 0.25) is 5.28 Å². The monoisotopic (exact) mass is 548 g/mol. The Labute approximate surface area is 218 Å². The number of furan rings is 1. The Balaban J connectivity index is 1.96. The van der Waals surface area contributed by atoms with E-state index >= 15 is 4.39 Å². The van der Waals surface area contributed by atoms with E-state index in [9.17, 15) is 13.2 Å². The molecule has 37 heavy (non-hydrogen) atoms. The molecular formula is C25H26ClFN4O5S. The first-order valence-electron chi connectivity index (χ1n) is 11.3. The fourth-order valence-electron chi connectivity index (χ4n) is 4.17. The van der Waals surface area contributed by atoms with Crippen LogP contribution in [0.1, 0.15) is 43.2 Å². The van der Waals surface area contributed by atoms with Crippen LogP contribution in [0.15, 0.2) is 46.0 Å². The molecule has 3 aromatic heterocycles. The standard InChI is InChI=1S/C25H26ClFN4O5S/c1-14-10-15(2)20(16(3)11-14)37(33,34)31-13-18(27)19-21(28-23(26)29-22(19)31)30(12-17-8-7-9-35-17)24(32)36-25(4,5)6/h7-11,13H,12H2,1-6H3. The molecule has 3 heterocycles. The predicted octanol–water partition coefficient (Wildman–Crippen LogP) is 5.92. The lowest BCUT2D eigenvalue weighted by Crippen LogP contribution is -2.37. The van der Waals surface area contributed by atoms with E-state index in [0.29, 0.717) is 16.9 Å². The van der Waals surface area contributed by atoms with Crippen molar-refractivity contribution < 1.29 is 26.8 Å². The van der Waals surface area contributed by atoms with Crippen molar-refractivity contribution in [1.29, 1.82) is 0 Å². The summed E-state index contributed by atoms with van der Waals surface area (Å²) in [5.41, 5.74) is 0.667. The van der Waals surface area contributed by atoms with Gasteiger partial charge >= 0.3 is 6.09 Å². The van der Waals surface area contributed by atoms with Gasteiger partial charge in [-0.05, 0) is 76.4 Å². The van der Waals surface area contributed by atoms with E-state index in [2.05, 4.69) is 9.97 Å². The maximum absolute atomic E-state index is 15.5. The van der Waals surface area contributed by atoms with E-state index in [1.54, 1.807) is 58.9 Å². The number of benzene rings is 1. The Morgan fingerprint density at radius 1 is 1.19 bits per heavy atom. The molecule has 0 fully saturated rings. The van der Waals surface area contributed by atoms with Gasteiger partial charge in [0.25, 0.3) is 10.0 Å². The molecule has 0 unspecified atom stereocenters. The van der Waals surface area contributed by atoms with Crippen molar-refractivity contribution in [2.45, 2.75) is 58.6 Å². The lowest BCUT2D eigenvalue weighted by Gasteiger charge is -2.26. The number of amides is 1. The normalized spacial score (nSPS) is 12.2. The number of nitrogens with zero attached hydrogens (tertiary/aromatic N) is 4. The number of halogens is 2. The third-order valence-electron chi connectivity index (χ3n) is 5.41. The Hall–Kier alpha value is -3.44. The lowest BCUT2D eigenvalue weighted by molar-refractivity contribution is 0.0574. The quantitative estimate of drug-likeness (QED) is 0.285. The predicted molar refractivity (Wildman–Crippen MR) is 137 cm³/mol. The smallest absolute Gasteiger partial charge is 0.416 e. The van der Waals surface area contributed by atoms with E-state index in [-0.39, 0.29) is 33.6 Å². The second-order valence-corrected chi connectivity index (χ2v) is 11.8. The van der Waals surface area contributed by atoms with Crippen LogP contribution in [0.5, 0.6) is 0 Å². The minimum Gasteiger partial charge on any atom is -0.467 e. The molecule has 0 spiro atoms.